The number of piperidine rings is 1. The molecule has 3 aromatic heterocycles. The van der Waals surface area contributed by atoms with Crippen LogP contribution < -0.4 is 11.1 Å². The molecule has 0 amide bonds. The van der Waals surface area contributed by atoms with E-state index in [2.05, 4.69) is 80.9 Å². The van der Waals surface area contributed by atoms with Gasteiger partial charge in [-0.1, -0.05) is 42.5 Å². The third-order valence-electron chi connectivity index (χ3n) is 6.64. The number of aromatic nitrogens is 4. The van der Waals surface area contributed by atoms with E-state index >= 15 is 0 Å². The van der Waals surface area contributed by atoms with Crippen molar-refractivity contribution in [1.82, 2.24) is 25.1 Å². The predicted molar refractivity (Wildman–Crippen MR) is 159 cm³/mol. The van der Waals surface area contributed by atoms with Gasteiger partial charge < -0.3 is 11.1 Å². The minimum absolute atomic E-state index is 0. The number of rotatable bonds is 4. The third-order valence-corrected chi connectivity index (χ3v) is 6.64. The molecule has 1 aliphatic heterocycles. The maximum Gasteiger partial charge on any atom is 0.132 e. The zero-order chi connectivity index (χ0) is 22.9. The van der Waals surface area contributed by atoms with Crippen molar-refractivity contribution in [2.45, 2.75) is 18.9 Å². The second-order valence-electron chi connectivity index (χ2n) is 8.84. The lowest BCUT2D eigenvalue weighted by Gasteiger charge is -2.22. The molecule has 0 bridgehead atoms. The second-order valence-corrected chi connectivity index (χ2v) is 8.84. The molecule has 9 heteroatoms. The van der Waals surface area contributed by atoms with Crippen molar-refractivity contribution >= 4 is 53.8 Å². The highest BCUT2D eigenvalue weighted by Crippen LogP contribution is 2.32. The smallest absolute Gasteiger partial charge is 0.132 e. The van der Waals surface area contributed by atoms with Crippen LogP contribution in [0, 0.1) is 0 Å². The van der Waals surface area contributed by atoms with Crippen molar-refractivity contribution in [2.24, 2.45) is 0 Å². The molecule has 0 unspecified atom stereocenters. The van der Waals surface area contributed by atoms with Crippen LogP contribution in [0.15, 0.2) is 85.5 Å². The number of nitrogen functional groups attached to an aromatic ring is 1. The molecule has 0 radical (unpaired) electrons. The van der Waals surface area contributed by atoms with Gasteiger partial charge in [0.25, 0.3) is 0 Å². The van der Waals surface area contributed by atoms with Gasteiger partial charge in [0.1, 0.15) is 5.82 Å². The lowest BCUT2D eigenvalue weighted by atomic mass is 10.0. The Bertz CT molecular complexity index is 1470. The van der Waals surface area contributed by atoms with Crippen LogP contribution in [0.3, 0.4) is 0 Å². The number of hydrogen-bond donors (Lipinski definition) is 2. The fraction of sp³-hybridized carbons (Fsp3) is 0.179. The summed E-state index contributed by atoms with van der Waals surface area (Å²) in [5, 5.41) is 10.3. The Kier molecular flexibility index (Phi) is 9.51. The first-order valence-corrected chi connectivity index (χ1v) is 11.7. The highest BCUT2D eigenvalue weighted by Gasteiger charge is 2.17. The summed E-state index contributed by atoms with van der Waals surface area (Å²) in [5.41, 5.74) is 12.4. The summed E-state index contributed by atoms with van der Waals surface area (Å²) < 4.78 is 2.09. The fourth-order valence-electron chi connectivity index (χ4n) is 4.69. The maximum atomic E-state index is 6.31. The molecule has 5 aromatic rings. The fourth-order valence-corrected chi connectivity index (χ4v) is 4.69. The number of hydrogen-bond acceptors (Lipinski definition) is 5. The molecule has 0 spiro atoms. The van der Waals surface area contributed by atoms with Crippen molar-refractivity contribution in [3.05, 3.63) is 85.5 Å². The number of nitrogens with one attached hydrogen (secondary N) is 1. The van der Waals surface area contributed by atoms with Gasteiger partial charge in [0, 0.05) is 40.7 Å². The molecule has 192 valence electrons. The Hall–Kier alpha value is -3.16. The summed E-state index contributed by atoms with van der Waals surface area (Å²) in [6.07, 6.45) is 9.94. The van der Waals surface area contributed by atoms with Crippen LogP contribution in [-0.2, 0) is 0 Å². The quantitative estimate of drug-likeness (QED) is 0.261. The number of halogens is 3. The zero-order valence-corrected chi connectivity index (χ0v) is 22.5. The normalized spacial score (nSPS) is 13.3. The number of anilines is 1. The minimum atomic E-state index is 0. The van der Waals surface area contributed by atoms with E-state index in [1.165, 1.54) is 11.1 Å². The Balaban J connectivity index is 0.00000127. The molecule has 1 fully saturated rings. The van der Waals surface area contributed by atoms with Crippen LogP contribution in [0.1, 0.15) is 18.9 Å². The Labute approximate surface area is 234 Å². The van der Waals surface area contributed by atoms with Crippen molar-refractivity contribution in [1.29, 1.82) is 0 Å². The Morgan fingerprint density at radius 3 is 2.30 bits per heavy atom. The SMILES string of the molecule is Cl.Cl.Cl.Nc1ncc(-c2cnn(C3CCNCC3)c2)cc1-c1cc2cc(-c3ccccc3)ccc2cn1. The van der Waals surface area contributed by atoms with Gasteiger partial charge >= 0.3 is 0 Å². The molecule has 0 aliphatic carbocycles. The van der Waals surface area contributed by atoms with Crippen LogP contribution in [0.25, 0.3) is 44.3 Å². The Morgan fingerprint density at radius 2 is 1.51 bits per heavy atom. The lowest BCUT2D eigenvalue weighted by Crippen LogP contribution is -2.29. The molecule has 0 saturated carbocycles. The van der Waals surface area contributed by atoms with E-state index in [-0.39, 0.29) is 37.2 Å². The number of nitrogens with zero attached hydrogens (tertiary/aromatic N) is 4. The molecule has 3 N–H and O–H groups in total. The zero-order valence-electron chi connectivity index (χ0n) is 20.1. The van der Waals surface area contributed by atoms with Gasteiger partial charge in [0.2, 0.25) is 0 Å². The van der Waals surface area contributed by atoms with Crippen LogP contribution >= 0.6 is 37.2 Å². The molecular weight excluding hydrogens is 527 g/mol. The highest BCUT2D eigenvalue weighted by atomic mass is 35.5. The predicted octanol–water partition coefficient (Wildman–Crippen LogP) is 6.60. The van der Waals surface area contributed by atoms with Gasteiger partial charge in [0.05, 0.1) is 17.9 Å². The molecule has 2 aromatic carbocycles. The molecule has 37 heavy (non-hydrogen) atoms. The minimum Gasteiger partial charge on any atom is -0.383 e. The number of benzene rings is 2. The van der Waals surface area contributed by atoms with E-state index in [1.54, 1.807) is 0 Å². The van der Waals surface area contributed by atoms with Crippen LogP contribution in [0.2, 0.25) is 0 Å². The van der Waals surface area contributed by atoms with E-state index < -0.39 is 0 Å². The highest BCUT2D eigenvalue weighted by molar-refractivity contribution is 5.90. The molecule has 1 aliphatic rings. The molecule has 4 heterocycles. The van der Waals surface area contributed by atoms with Crippen LogP contribution in [-0.4, -0.2) is 32.8 Å². The first-order valence-electron chi connectivity index (χ1n) is 11.7. The summed E-state index contributed by atoms with van der Waals surface area (Å²) >= 11 is 0. The van der Waals surface area contributed by atoms with Crippen LogP contribution in [0.5, 0.6) is 0 Å². The molecular formula is C28H29Cl3N6. The third kappa shape index (κ3) is 5.89. The van der Waals surface area contributed by atoms with Crippen molar-refractivity contribution in [2.75, 3.05) is 18.8 Å². The van der Waals surface area contributed by atoms with Gasteiger partial charge in [0.15, 0.2) is 0 Å². The van der Waals surface area contributed by atoms with Crippen molar-refractivity contribution in [3.63, 3.8) is 0 Å². The Morgan fingerprint density at radius 1 is 0.730 bits per heavy atom. The molecule has 0 atom stereocenters. The summed E-state index contributed by atoms with van der Waals surface area (Å²) in [6.45, 7) is 2.07. The monoisotopic (exact) mass is 554 g/mol. The van der Waals surface area contributed by atoms with Gasteiger partial charge in [-0.3, -0.25) is 9.67 Å². The van der Waals surface area contributed by atoms with E-state index in [4.69, 9.17) is 10.7 Å². The van der Waals surface area contributed by atoms with E-state index in [0.717, 1.165) is 59.1 Å². The van der Waals surface area contributed by atoms with E-state index in [1.807, 2.05) is 24.7 Å². The number of fused-ring (bicyclic) bond motifs is 1. The summed E-state index contributed by atoms with van der Waals surface area (Å²) in [7, 11) is 0. The first-order chi connectivity index (χ1) is 16.7. The summed E-state index contributed by atoms with van der Waals surface area (Å²) in [6, 6.07) is 21.5. The van der Waals surface area contributed by atoms with Crippen molar-refractivity contribution in [3.8, 4) is 33.5 Å². The van der Waals surface area contributed by atoms with Gasteiger partial charge in [-0.05, 0) is 60.6 Å². The average Bonchev–Trinajstić information content (AvgIpc) is 3.40. The molecule has 1 saturated heterocycles. The molecule has 6 rings (SSSR count). The van der Waals surface area contributed by atoms with Crippen molar-refractivity contribution < 1.29 is 0 Å². The lowest BCUT2D eigenvalue weighted by molar-refractivity contribution is 0.343. The number of pyridine rings is 2. The van der Waals surface area contributed by atoms with Gasteiger partial charge in [-0.2, -0.15) is 5.10 Å². The van der Waals surface area contributed by atoms with E-state index in [0.29, 0.717) is 11.9 Å². The average molecular weight is 556 g/mol. The van der Waals surface area contributed by atoms with Gasteiger partial charge in [-0.25, -0.2) is 4.98 Å². The second kappa shape index (κ2) is 12.4. The van der Waals surface area contributed by atoms with Gasteiger partial charge in [-0.15, -0.1) is 37.2 Å². The standard InChI is InChI=1S/C28H26N6.3ClH/c29-28-26(13-23(16-32-28)24-17-33-34(18-24)25-8-10-30-11-9-25)27-14-22-12-20(6-7-21(22)15-31-27)19-4-2-1-3-5-19;;;/h1-7,12-18,25,30H,8-11H2,(H2,29,32);3*1H. The molecule has 6 nitrogen and oxygen atoms in total. The van der Waals surface area contributed by atoms with E-state index in [9.17, 15) is 0 Å². The topological polar surface area (TPSA) is 81.6 Å². The maximum absolute atomic E-state index is 6.31. The first kappa shape index (κ1) is 28.4. The summed E-state index contributed by atoms with van der Waals surface area (Å²) in [4.78, 5) is 9.20. The largest absolute Gasteiger partial charge is 0.383 e. The summed E-state index contributed by atoms with van der Waals surface area (Å²) in [5.74, 6) is 0.473. The van der Waals surface area contributed by atoms with Crippen LogP contribution in [0.4, 0.5) is 5.82 Å². The number of nitrogens with two attached hydrogens (primary N) is 1.